The van der Waals surface area contributed by atoms with E-state index in [1.807, 2.05) is 30.3 Å². The van der Waals surface area contributed by atoms with Gasteiger partial charge < -0.3 is 0 Å². The van der Waals surface area contributed by atoms with Crippen LogP contribution >= 0.6 is 0 Å². The third-order valence-corrected chi connectivity index (χ3v) is 2.34. The summed E-state index contributed by atoms with van der Waals surface area (Å²) in [6.07, 6.45) is 0. The van der Waals surface area contributed by atoms with Gasteiger partial charge in [-0.2, -0.15) is 5.10 Å². The van der Waals surface area contributed by atoms with Crippen molar-refractivity contribution in [1.82, 2.24) is 9.78 Å². The molecule has 1 heterocycles. The highest BCUT2D eigenvalue weighted by molar-refractivity contribution is 5.58. The molecule has 0 radical (unpaired) electrons. The molecule has 1 aromatic heterocycles. The first kappa shape index (κ1) is 10.4. The molecular weight excluding hydrogens is 206 g/mol. The number of aromatic nitrogens is 2. The zero-order valence-electron chi connectivity index (χ0n) is 8.83. The van der Waals surface area contributed by atoms with Crippen molar-refractivity contribution in [2.45, 2.75) is 6.54 Å². The standard InChI is InChI=1S/C11H11N3O2/c1-13-10(8-14(15)16)7-11(12-13)9-5-3-2-4-6-9/h2-7H,8H2,1H3. The van der Waals surface area contributed by atoms with Gasteiger partial charge in [0.2, 0.25) is 6.54 Å². The summed E-state index contributed by atoms with van der Waals surface area (Å²) in [7, 11) is 1.71. The molecule has 0 aliphatic carbocycles. The van der Waals surface area contributed by atoms with Gasteiger partial charge in [-0.05, 0) is 6.07 Å². The highest BCUT2D eigenvalue weighted by Gasteiger charge is 2.10. The molecule has 0 fully saturated rings. The van der Waals surface area contributed by atoms with Crippen molar-refractivity contribution >= 4 is 0 Å². The molecule has 1 aromatic carbocycles. The highest BCUT2D eigenvalue weighted by atomic mass is 16.6. The fourth-order valence-corrected chi connectivity index (χ4v) is 1.54. The van der Waals surface area contributed by atoms with Gasteiger partial charge in [0.25, 0.3) is 0 Å². The Bertz CT molecular complexity index is 505. The number of hydrogen-bond donors (Lipinski definition) is 0. The van der Waals surface area contributed by atoms with Gasteiger partial charge in [0.05, 0.1) is 5.69 Å². The lowest BCUT2D eigenvalue weighted by Gasteiger charge is -1.94. The lowest BCUT2D eigenvalue weighted by atomic mass is 10.1. The molecule has 2 rings (SSSR count). The Morgan fingerprint density at radius 1 is 1.38 bits per heavy atom. The van der Waals surface area contributed by atoms with Crippen LogP contribution < -0.4 is 0 Å². The maximum Gasteiger partial charge on any atom is 0.245 e. The third kappa shape index (κ3) is 2.08. The van der Waals surface area contributed by atoms with E-state index in [2.05, 4.69) is 5.10 Å². The van der Waals surface area contributed by atoms with Crippen LogP contribution in [0.25, 0.3) is 11.3 Å². The number of nitrogens with zero attached hydrogens (tertiary/aromatic N) is 3. The zero-order chi connectivity index (χ0) is 11.5. The lowest BCUT2D eigenvalue weighted by Crippen LogP contribution is -2.04. The maximum absolute atomic E-state index is 10.4. The third-order valence-electron chi connectivity index (χ3n) is 2.34. The van der Waals surface area contributed by atoms with Crippen molar-refractivity contribution in [2.75, 3.05) is 0 Å². The largest absolute Gasteiger partial charge is 0.265 e. The first-order valence-electron chi connectivity index (χ1n) is 4.87. The van der Waals surface area contributed by atoms with Crippen molar-refractivity contribution in [3.8, 4) is 11.3 Å². The summed E-state index contributed by atoms with van der Waals surface area (Å²) in [4.78, 5) is 10.1. The van der Waals surface area contributed by atoms with Crippen LogP contribution in [0.4, 0.5) is 0 Å². The average molecular weight is 217 g/mol. The van der Waals surface area contributed by atoms with Gasteiger partial charge in [-0.15, -0.1) is 0 Å². The van der Waals surface area contributed by atoms with Crippen molar-refractivity contribution in [1.29, 1.82) is 0 Å². The Kier molecular flexibility index (Phi) is 2.68. The first-order valence-corrected chi connectivity index (χ1v) is 4.87. The molecular formula is C11H11N3O2. The predicted molar refractivity (Wildman–Crippen MR) is 59.3 cm³/mol. The number of rotatable bonds is 3. The second-order valence-corrected chi connectivity index (χ2v) is 3.50. The van der Waals surface area contributed by atoms with Gasteiger partial charge >= 0.3 is 0 Å². The lowest BCUT2D eigenvalue weighted by molar-refractivity contribution is -0.497. The molecule has 0 unspecified atom stereocenters. The molecule has 5 nitrogen and oxygen atoms in total. The number of aryl methyl sites for hydroxylation is 1. The molecule has 0 atom stereocenters. The maximum atomic E-state index is 10.4. The summed E-state index contributed by atoms with van der Waals surface area (Å²) in [6, 6.07) is 11.4. The molecule has 5 heteroatoms. The van der Waals surface area contributed by atoms with Gasteiger partial charge in [0.15, 0.2) is 0 Å². The van der Waals surface area contributed by atoms with Crippen LogP contribution in [0.3, 0.4) is 0 Å². The SMILES string of the molecule is Cn1nc(-c2ccccc2)cc1C[N+](=O)[O-]. The van der Waals surface area contributed by atoms with Crippen molar-refractivity contribution in [3.63, 3.8) is 0 Å². The van der Waals surface area contributed by atoms with E-state index in [0.717, 1.165) is 11.3 Å². The Labute approximate surface area is 92.5 Å². The second kappa shape index (κ2) is 4.14. The second-order valence-electron chi connectivity index (χ2n) is 3.50. The van der Waals surface area contributed by atoms with Crippen LogP contribution in [-0.2, 0) is 13.6 Å². The monoisotopic (exact) mass is 217 g/mol. The van der Waals surface area contributed by atoms with Gasteiger partial charge in [-0.25, -0.2) is 0 Å². The Hall–Kier alpha value is -2.17. The van der Waals surface area contributed by atoms with E-state index in [9.17, 15) is 10.1 Å². The summed E-state index contributed by atoms with van der Waals surface area (Å²) in [5, 5.41) is 14.7. The topological polar surface area (TPSA) is 61.0 Å². The van der Waals surface area contributed by atoms with Crippen LogP contribution in [-0.4, -0.2) is 14.7 Å². The normalized spacial score (nSPS) is 10.3. The smallest absolute Gasteiger partial charge is 0.245 e. The van der Waals surface area contributed by atoms with E-state index in [1.165, 1.54) is 0 Å². The van der Waals surface area contributed by atoms with E-state index in [1.54, 1.807) is 17.8 Å². The fraction of sp³-hybridized carbons (Fsp3) is 0.182. The van der Waals surface area contributed by atoms with Crippen molar-refractivity contribution in [2.24, 2.45) is 7.05 Å². The molecule has 0 aliphatic rings. The molecule has 0 saturated carbocycles. The summed E-state index contributed by atoms with van der Waals surface area (Å²) >= 11 is 0. The predicted octanol–water partition coefficient (Wildman–Crippen LogP) is 1.86. The summed E-state index contributed by atoms with van der Waals surface area (Å²) in [5.74, 6) is 0. The Morgan fingerprint density at radius 3 is 2.69 bits per heavy atom. The number of hydrogen-bond acceptors (Lipinski definition) is 3. The van der Waals surface area contributed by atoms with Crippen molar-refractivity contribution < 1.29 is 4.92 Å². The van der Waals surface area contributed by atoms with Gasteiger partial charge in [0.1, 0.15) is 5.69 Å². The fourth-order valence-electron chi connectivity index (χ4n) is 1.54. The van der Waals surface area contributed by atoms with E-state index in [0.29, 0.717) is 5.69 Å². The minimum atomic E-state index is -0.355. The van der Waals surface area contributed by atoms with E-state index < -0.39 is 0 Å². The Morgan fingerprint density at radius 2 is 2.06 bits per heavy atom. The minimum absolute atomic E-state index is 0.198. The van der Waals surface area contributed by atoms with Crippen LogP contribution in [0.15, 0.2) is 36.4 Å². The Balaban J connectivity index is 2.34. The summed E-state index contributed by atoms with van der Waals surface area (Å²) in [5.41, 5.74) is 2.33. The van der Waals surface area contributed by atoms with Crippen molar-refractivity contribution in [3.05, 3.63) is 52.2 Å². The van der Waals surface area contributed by atoms with Crippen LogP contribution in [0.2, 0.25) is 0 Å². The van der Waals surface area contributed by atoms with Gasteiger partial charge in [-0.1, -0.05) is 30.3 Å². The van der Waals surface area contributed by atoms with Gasteiger partial charge in [0, 0.05) is 17.5 Å². The van der Waals surface area contributed by atoms with E-state index in [-0.39, 0.29) is 11.5 Å². The number of benzene rings is 1. The molecule has 0 amide bonds. The summed E-state index contributed by atoms with van der Waals surface area (Å²) < 4.78 is 1.55. The summed E-state index contributed by atoms with van der Waals surface area (Å²) in [6.45, 7) is -0.198. The molecule has 0 aliphatic heterocycles. The highest BCUT2D eigenvalue weighted by Crippen LogP contribution is 2.18. The molecule has 2 aromatic rings. The van der Waals surface area contributed by atoms with Gasteiger partial charge in [-0.3, -0.25) is 14.8 Å². The van der Waals surface area contributed by atoms with Crippen LogP contribution in [0, 0.1) is 10.1 Å². The first-order chi connectivity index (χ1) is 7.66. The molecule has 0 saturated heterocycles. The molecule has 0 N–H and O–H groups in total. The molecule has 0 spiro atoms. The quantitative estimate of drug-likeness (QED) is 0.582. The van der Waals surface area contributed by atoms with E-state index in [4.69, 9.17) is 0 Å². The minimum Gasteiger partial charge on any atom is -0.265 e. The zero-order valence-corrected chi connectivity index (χ0v) is 8.83. The number of nitro groups is 1. The van der Waals surface area contributed by atoms with E-state index >= 15 is 0 Å². The van der Waals surface area contributed by atoms with Crippen LogP contribution in [0.1, 0.15) is 5.69 Å². The average Bonchev–Trinajstić information content (AvgIpc) is 2.61. The molecule has 0 bridgehead atoms. The molecule has 82 valence electrons. The molecule has 16 heavy (non-hydrogen) atoms. The van der Waals surface area contributed by atoms with Crippen LogP contribution in [0.5, 0.6) is 0 Å².